The Balaban J connectivity index is 3.01. The van der Waals surface area contributed by atoms with Gasteiger partial charge in [0.1, 0.15) is 5.82 Å². The van der Waals surface area contributed by atoms with E-state index in [1.165, 1.54) is 0 Å². The van der Waals surface area contributed by atoms with Crippen molar-refractivity contribution in [3.05, 3.63) is 35.1 Å². The first-order valence-electron chi connectivity index (χ1n) is 5.95. The number of halogens is 1. The average Bonchev–Trinajstić information content (AvgIpc) is 2.22. The summed E-state index contributed by atoms with van der Waals surface area (Å²) in [5.41, 5.74) is 7.42. The molecule has 0 bridgehead atoms. The van der Waals surface area contributed by atoms with Crippen LogP contribution < -0.4 is 5.73 Å². The minimum Gasteiger partial charge on any atom is -0.321 e. The fourth-order valence-corrected chi connectivity index (χ4v) is 1.95. The first-order valence-corrected chi connectivity index (χ1v) is 5.95. The van der Waals surface area contributed by atoms with Gasteiger partial charge in [0.2, 0.25) is 0 Å². The minimum atomic E-state index is -0.454. The number of nitrogens with two attached hydrogens (primary N) is 1. The first-order chi connectivity index (χ1) is 7.39. The van der Waals surface area contributed by atoms with Crippen molar-refractivity contribution in [3.63, 3.8) is 0 Å². The smallest absolute Gasteiger partial charge is 0.126 e. The topological polar surface area (TPSA) is 26.0 Å². The summed E-state index contributed by atoms with van der Waals surface area (Å²) in [6.45, 7) is 8.02. The van der Waals surface area contributed by atoms with Crippen LogP contribution in [0.2, 0.25) is 0 Å². The van der Waals surface area contributed by atoms with Crippen molar-refractivity contribution in [3.8, 4) is 0 Å². The van der Waals surface area contributed by atoms with E-state index < -0.39 is 5.54 Å². The molecule has 0 spiro atoms. The third-order valence-corrected chi connectivity index (χ3v) is 3.54. The summed E-state index contributed by atoms with van der Waals surface area (Å²) in [5.74, 6) is 0.178. The number of benzene rings is 1. The van der Waals surface area contributed by atoms with Gasteiger partial charge in [0.15, 0.2) is 0 Å². The molecule has 0 aliphatic heterocycles. The maximum Gasteiger partial charge on any atom is 0.126 e. The fraction of sp³-hybridized carbons (Fsp3) is 0.571. The van der Waals surface area contributed by atoms with Crippen LogP contribution in [-0.4, -0.2) is 0 Å². The Hall–Kier alpha value is -0.890. The zero-order valence-electron chi connectivity index (χ0n) is 10.7. The molecule has 0 aliphatic rings. The molecule has 0 fully saturated rings. The largest absolute Gasteiger partial charge is 0.321 e. The van der Waals surface area contributed by atoms with Gasteiger partial charge in [-0.15, -0.1) is 0 Å². The highest BCUT2D eigenvalue weighted by Crippen LogP contribution is 2.30. The van der Waals surface area contributed by atoms with E-state index >= 15 is 0 Å². The van der Waals surface area contributed by atoms with Crippen LogP contribution in [0, 0.1) is 18.7 Å². The summed E-state index contributed by atoms with van der Waals surface area (Å²) in [7, 11) is 0. The molecule has 0 amide bonds. The van der Waals surface area contributed by atoms with Gasteiger partial charge in [0, 0.05) is 5.54 Å². The van der Waals surface area contributed by atoms with Crippen molar-refractivity contribution >= 4 is 0 Å². The zero-order valence-corrected chi connectivity index (χ0v) is 10.7. The van der Waals surface area contributed by atoms with Crippen molar-refractivity contribution in [2.75, 3.05) is 0 Å². The molecule has 2 heteroatoms. The number of aryl methyl sites for hydroxylation is 1. The van der Waals surface area contributed by atoms with Crippen molar-refractivity contribution in [2.24, 2.45) is 11.7 Å². The van der Waals surface area contributed by atoms with Crippen molar-refractivity contribution in [1.29, 1.82) is 0 Å². The van der Waals surface area contributed by atoms with Gasteiger partial charge in [-0.1, -0.05) is 32.4 Å². The Morgan fingerprint density at radius 2 is 2.06 bits per heavy atom. The third kappa shape index (κ3) is 2.62. The molecule has 0 saturated heterocycles. The predicted octanol–water partition coefficient (Wildman–Crippen LogP) is 3.74. The lowest BCUT2D eigenvalue weighted by atomic mass is 9.79. The monoisotopic (exact) mass is 223 g/mol. The average molecular weight is 223 g/mol. The summed E-state index contributed by atoms with van der Waals surface area (Å²) in [6.07, 6.45) is 2.16. The summed E-state index contributed by atoms with van der Waals surface area (Å²) in [5, 5.41) is 0. The third-order valence-electron chi connectivity index (χ3n) is 3.54. The molecule has 2 unspecified atom stereocenters. The molecule has 1 aromatic rings. The molecule has 0 aliphatic carbocycles. The second-order valence-corrected chi connectivity index (χ2v) is 4.94. The second-order valence-electron chi connectivity index (χ2n) is 4.94. The molecule has 16 heavy (non-hydrogen) atoms. The van der Waals surface area contributed by atoms with E-state index in [9.17, 15) is 4.39 Å². The second kappa shape index (κ2) is 4.96. The van der Waals surface area contributed by atoms with E-state index in [-0.39, 0.29) is 5.82 Å². The molecular weight excluding hydrogens is 201 g/mol. The maximum absolute atomic E-state index is 13.5. The Kier molecular flexibility index (Phi) is 4.09. The predicted molar refractivity (Wildman–Crippen MR) is 66.7 cm³/mol. The molecule has 1 rings (SSSR count). The highest BCUT2D eigenvalue weighted by Gasteiger charge is 2.28. The Labute approximate surface area is 97.9 Å². The summed E-state index contributed by atoms with van der Waals surface area (Å²) < 4.78 is 13.5. The van der Waals surface area contributed by atoms with Crippen molar-refractivity contribution in [2.45, 2.75) is 46.1 Å². The van der Waals surface area contributed by atoms with Gasteiger partial charge >= 0.3 is 0 Å². The normalized spacial score (nSPS) is 16.9. The van der Waals surface area contributed by atoms with Crippen molar-refractivity contribution < 1.29 is 4.39 Å². The molecule has 90 valence electrons. The molecule has 2 atom stereocenters. The summed E-state index contributed by atoms with van der Waals surface area (Å²) in [6, 6.07) is 5.31. The van der Waals surface area contributed by atoms with Crippen LogP contribution in [0.15, 0.2) is 18.2 Å². The van der Waals surface area contributed by atoms with E-state index in [1.807, 2.05) is 13.0 Å². The van der Waals surface area contributed by atoms with E-state index in [0.717, 1.165) is 18.4 Å². The lowest BCUT2D eigenvalue weighted by Gasteiger charge is -2.32. The Bertz CT molecular complexity index is 358. The van der Waals surface area contributed by atoms with Gasteiger partial charge in [-0.3, -0.25) is 0 Å². The van der Waals surface area contributed by atoms with Crippen LogP contribution in [0.4, 0.5) is 4.39 Å². The number of hydrogen-bond donors (Lipinski definition) is 1. The van der Waals surface area contributed by atoms with Crippen LogP contribution in [0.25, 0.3) is 0 Å². The standard InChI is InChI=1S/C14H22FN/c1-5-6-11(3)14(4,16)12-8-7-10(2)13(15)9-12/h7-9,11H,5-6,16H2,1-4H3. The minimum absolute atomic E-state index is 0.169. The van der Waals surface area contributed by atoms with Gasteiger partial charge in [-0.25, -0.2) is 4.39 Å². The van der Waals surface area contributed by atoms with Gasteiger partial charge < -0.3 is 5.73 Å². The highest BCUT2D eigenvalue weighted by atomic mass is 19.1. The van der Waals surface area contributed by atoms with Gasteiger partial charge in [-0.05, 0) is 43.4 Å². The molecule has 0 heterocycles. The van der Waals surface area contributed by atoms with Gasteiger partial charge in [0.25, 0.3) is 0 Å². The SMILES string of the molecule is CCCC(C)C(C)(N)c1ccc(C)c(F)c1. The Morgan fingerprint density at radius 3 is 2.56 bits per heavy atom. The Morgan fingerprint density at radius 1 is 1.44 bits per heavy atom. The highest BCUT2D eigenvalue weighted by molar-refractivity contribution is 5.29. The molecule has 2 N–H and O–H groups in total. The van der Waals surface area contributed by atoms with Crippen LogP contribution in [-0.2, 0) is 5.54 Å². The van der Waals surface area contributed by atoms with Crippen LogP contribution in [0.5, 0.6) is 0 Å². The van der Waals surface area contributed by atoms with E-state index in [4.69, 9.17) is 5.73 Å². The molecule has 0 saturated carbocycles. The number of hydrogen-bond acceptors (Lipinski definition) is 1. The van der Waals surface area contributed by atoms with E-state index in [0.29, 0.717) is 11.5 Å². The van der Waals surface area contributed by atoms with Crippen LogP contribution >= 0.6 is 0 Å². The first kappa shape index (κ1) is 13.2. The van der Waals surface area contributed by atoms with E-state index in [1.54, 1.807) is 19.1 Å². The molecule has 0 aromatic heterocycles. The van der Waals surface area contributed by atoms with Crippen molar-refractivity contribution in [1.82, 2.24) is 0 Å². The van der Waals surface area contributed by atoms with Crippen LogP contribution in [0.1, 0.15) is 44.7 Å². The van der Waals surface area contributed by atoms with Gasteiger partial charge in [0.05, 0.1) is 0 Å². The number of rotatable bonds is 4. The lowest BCUT2D eigenvalue weighted by Crippen LogP contribution is -2.40. The maximum atomic E-state index is 13.5. The van der Waals surface area contributed by atoms with E-state index in [2.05, 4.69) is 13.8 Å². The molecule has 0 radical (unpaired) electrons. The molecule has 1 nitrogen and oxygen atoms in total. The fourth-order valence-electron chi connectivity index (χ4n) is 1.95. The molecule has 1 aromatic carbocycles. The molecular formula is C14H22FN. The van der Waals surface area contributed by atoms with Crippen LogP contribution in [0.3, 0.4) is 0 Å². The quantitative estimate of drug-likeness (QED) is 0.826. The summed E-state index contributed by atoms with van der Waals surface area (Å²) in [4.78, 5) is 0. The van der Waals surface area contributed by atoms with Gasteiger partial charge in [-0.2, -0.15) is 0 Å². The zero-order chi connectivity index (χ0) is 12.3. The lowest BCUT2D eigenvalue weighted by molar-refractivity contribution is 0.303. The summed E-state index contributed by atoms with van der Waals surface area (Å²) >= 11 is 0.